The van der Waals surface area contributed by atoms with Gasteiger partial charge in [0.05, 0.1) is 0 Å². The van der Waals surface area contributed by atoms with Crippen LogP contribution in [0.3, 0.4) is 0 Å². The molecule has 0 unspecified atom stereocenters. The number of rotatable bonds is 3. The summed E-state index contributed by atoms with van der Waals surface area (Å²) in [5, 5.41) is 10.9. The molecule has 0 bridgehead atoms. The first kappa shape index (κ1) is 9.93. The van der Waals surface area contributed by atoms with Gasteiger partial charge in [0.25, 0.3) is 0 Å². The number of benzene rings is 2. The molecular weight excluding hydrogens is 206 g/mol. The van der Waals surface area contributed by atoms with Crippen molar-refractivity contribution in [1.29, 1.82) is 0 Å². The largest absolute Gasteiger partial charge is 0.326 e. The van der Waals surface area contributed by atoms with Gasteiger partial charge in [0, 0.05) is 10.6 Å². The molecule has 2 aromatic rings. The highest BCUT2D eigenvalue weighted by Crippen LogP contribution is 2.22. The topological polar surface area (TPSA) is 31.9 Å². The predicted molar refractivity (Wildman–Crippen MR) is 62.5 cm³/mol. The van der Waals surface area contributed by atoms with Gasteiger partial charge >= 0.3 is 0 Å². The molecule has 75 valence electrons. The van der Waals surface area contributed by atoms with Gasteiger partial charge in [0.15, 0.2) is 5.75 Å². The summed E-state index contributed by atoms with van der Waals surface area (Å²) in [5.74, 6) is 0.0408. The van der Waals surface area contributed by atoms with Gasteiger partial charge in [-0.1, -0.05) is 18.2 Å². The minimum absolute atomic E-state index is 0.0408. The number of para-hydroxylation sites is 1. The molecule has 0 atom stereocenters. The average Bonchev–Trinajstić information content (AvgIpc) is 2.30. The molecule has 1 N–H and O–H groups in total. The van der Waals surface area contributed by atoms with Crippen LogP contribution < -0.4 is 4.72 Å². The minimum atomic E-state index is 0.0408. The molecule has 0 spiro atoms. The van der Waals surface area contributed by atoms with Gasteiger partial charge in [0.2, 0.25) is 0 Å². The summed E-state index contributed by atoms with van der Waals surface area (Å²) in [5.41, 5.74) is 1.05. The molecule has 0 amide bonds. The lowest BCUT2D eigenvalue weighted by atomic mass is 10.3. The summed E-state index contributed by atoms with van der Waals surface area (Å²) in [6.45, 7) is 0. The van der Waals surface area contributed by atoms with E-state index in [0.717, 1.165) is 10.6 Å². The van der Waals surface area contributed by atoms with Crippen LogP contribution in [0.5, 0.6) is 5.75 Å². The molecule has 2 rings (SSSR count). The van der Waals surface area contributed by atoms with Crippen LogP contribution in [-0.2, 0) is 5.11 Å². The van der Waals surface area contributed by atoms with Gasteiger partial charge in [-0.15, -0.1) is 0 Å². The van der Waals surface area contributed by atoms with Crippen molar-refractivity contribution in [2.75, 3.05) is 4.72 Å². The zero-order chi connectivity index (χ0) is 10.5. The Balaban J connectivity index is 1.96. The van der Waals surface area contributed by atoms with Crippen molar-refractivity contribution in [2.24, 2.45) is 0 Å². The summed E-state index contributed by atoms with van der Waals surface area (Å²) in [6, 6.07) is 16.7. The van der Waals surface area contributed by atoms with E-state index in [4.69, 9.17) is 0 Å². The second kappa shape index (κ2) is 4.75. The lowest BCUT2D eigenvalue weighted by Crippen LogP contribution is -1.84. The summed E-state index contributed by atoms with van der Waals surface area (Å²) in [4.78, 5) is 1.03. The van der Waals surface area contributed by atoms with Crippen LogP contribution in [0.1, 0.15) is 0 Å². The van der Waals surface area contributed by atoms with Gasteiger partial charge < -0.3 is 4.72 Å². The summed E-state index contributed by atoms with van der Waals surface area (Å²) in [6.07, 6.45) is 0. The maximum Gasteiger partial charge on any atom is 0.178 e. The van der Waals surface area contributed by atoms with Crippen molar-refractivity contribution in [2.45, 2.75) is 4.90 Å². The molecule has 0 fully saturated rings. The molecule has 2 aromatic carbocycles. The fourth-order valence-electron chi connectivity index (χ4n) is 1.13. The number of nitrogens with one attached hydrogen (secondary N) is 1. The Labute approximate surface area is 93.1 Å². The first-order valence-electron chi connectivity index (χ1n) is 4.59. The molecule has 0 saturated carbocycles. The molecule has 3 heteroatoms. The highest BCUT2D eigenvalue weighted by atomic mass is 32.2. The Kier molecular flexibility index (Phi) is 3.15. The third-order valence-electron chi connectivity index (χ3n) is 1.88. The first-order chi connectivity index (χ1) is 7.34. The van der Waals surface area contributed by atoms with E-state index in [0.29, 0.717) is 0 Å². The number of hydrogen-bond acceptors (Lipinski definition) is 2. The quantitative estimate of drug-likeness (QED) is 0.788. The zero-order valence-corrected chi connectivity index (χ0v) is 8.83. The molecule has 0 heterocycles. The van der Waals surface area contributed by atoms with E-state index in [-0.39, 0.29) is 5.75 Å². The van der Waals surface area contributed by atoms with E-state index >= 15 is 0 Å². The minimum Gasteiger partial charge on any atom is -0.326 e. The maximum absolute atomic E-state index is 10.9. The third kappa shape index (κ3) is 2.92. The summed E-state index contributed by atoms with van der Waals surface area (Å²) in [7, 11) is 0. The van der Waals surface area contributed by atoms with Crippen LogP contribution in [-0.4, -0.2) is 0 Å². The van der Waals surface area contributed by atoms with Gasteiger partial charge in [-0.25, -0.2) is 0 Å². The number of anilines is 1. The Hall–Kier alpha value is -1.61. The second-order valence-corrected chi connectivity index (χ2v) is 3.92. The Morgan fingerprint density at radius 3 is 2.20 bits per heavy atom. The predicted octanol–water partition coefficient (Wildman–Crippen LogP) is 3.95. The van der Waals surface area contributed by atoms with Crippen molar-refractivity contribution in [3.8, 4) is 5.75 Å². The molecule has 0 saturated heterocycles. The van der Waals surface area contributed by atoms with Crippen LogP contribution in [0.2, 0.25) is 0 Å². The van der Waals surface area contributed by atoms with Gasteiger partial charge in [-0.3, -0.25) is 5.11 Å². The van der Waals surface area contributed by atoms with Crippen LogP contribution >= 0.6 is 11.9 Å². The fourth-order valence-corrected chi connectivity index (χ4v) is 1.78. The molecular formula is C12H10NOS. The van der Waals surface area contributed by atoms with Crippen molar-refractivity contribution in [1.82, 2.24) is 0 Å². The Bertz CT molecular complexity index is 413. The number of hydrogen-bond donors (Lipinski definition) is 1. The Morgan fingerprint density at radius 1 is 0.867 bits per heavy atom. The van der Waals surface area contributed by atoms with E-state index in [1.165, 1.54) is 11.9 Å². The van der Waals surface area contributed by atoms with Gasteiger partial charge in [-0.05, 0) is 48.3 Å². The van der Waals surface area contributed by atoms with Crippen molar-refractivity contribution in [3.63, 3.8) is 0 Å². The van der Waals surface area contributed by atoms with Crippen molar-refractivity contribution in [3.05, 3.63) is 54.6 Å². The highest BCUT2D eigenvalue weighted by molar-refractivity contribution is 8.00. The molecule has 0 aliphatic heterocycles. The highest BCUT2D eigenvalue weighted by Gasteiger charge is 1.95. The SMILES string of the molecule is [O]c1ccc(SNc2ccccc2)cc1. The van der Waals surface area contributed by atoms with E-state index in [1.807, 2.05) is 42.5 Å². The molecule has 1 radical (unpaired) electrons. The lowest BCUT2D eigenvalue weighted by molar-refractivity contribution is 0.354. The fraction of sp³-hybridized carbons (Fsp3) is 0. The monoisotopic (exact) mass is 216 g/mol. The lowest BCUT2D eigenvalue weighted by Gasteiger charge is -2.04. The van der Waals surface area contributed by atoms with Crippen LogP contribution in [0, 0.1) is 0 Å². The molecule has 0 aliphatic rings. The van der Waals surface area contributed by atoms with E-state index in [9.17, 15) is 5.11 Å². The van der Waals surface area contributed by atoms with Gasteiger partial charge in [-0.2, -0.15) is 0 Å². The standard InChI is InChI=1S/C12H10NOS/c14-11-6-8-12(9-7-11)15-13-10-4-2-1-3-5-10/h1-9,13H. The van der Waals surface area contributed by atoms with E-state index in [1.54, 1.807) is 12.1 Å². The zero-order valence-electron chi connectivity index (χ0n) is 8.01. The van der Waals surface area contributed by atoms with E-state index in [2.05, 4.69) is 4.72 Å². The normalized spacial score (nSPS) is 9.87. The third-order valence-corrected chi connectivity index (χ3v) is 2.73. The molecule has 2 nitrogen and oxygen atoms in total. The van der Waals surface area contributed by atoms with Crippen LogP contribution in [0.25, 0.3) is 0 Å². The summed E-state index contributed by atoms with van der Waals surface area (Å²) < 4.78 is 3.20. The van der Waals surface area contributed by atoms with Gasteiger partial charge in [0.1, 0.15) is 0 Å². The van der Waals surface area contributed by atoms with E-state index < -0.39 is 0 Å². The van der Waals surface area contributed by atoms with Crippen LogP contribution in [0.4, 0.5) is 5.69 Å². The first-order valence-corrected chi connectivity index (χ1v) is 5.41. The smallest absolute Gasteiger partial charge is 0.178 e. The van der Waals surface area contributed by atoms with Crippen molar-refractivity contribution >= 4 is 17.6 Å². The maximum atomic E-state index is 10.9. The average molecular weight is 216 g/mol. The Morgan fingerprint density at radius 2 is 1.53 bits per heavy atom. The van der Waals surface area contributed by atoms with Crippen molar-refractivity contribution < 1.29 is 5.11 Å². The summed E-state index contributed by atoms with van der Waals surface area (Å²) >= 11 is 1.49. The second-order valence-electron chi connectivity index (χ2n) is 3.04. The molecule has 0 aromatic heterocycles. The molecule has 15 heavy (non-hydrogen) atoms. The molecule has 0 aliphatic carbocycles. The van der Waals surface area contributed by atoms with Crippen LogP contribution in [0.15, 0.2) is 59.5 Å².